The molecule has 0 bridgehead atoms. The van der Waals surface area contributed by atoms with E-state index in [1.165, 1.54) is 70.6 Å². The van der Waals surface area contributed by atoms with Crippen LogP contribution in [0.3, 0.4) is 0 Å². The number of hydrogen-bond donors (Lipinski definition) is 0. The molecule has 32 heavy (non-hydrogen) atoms. The van der Waals surface area contributed by atoms with Gasteiger partial charge in [0.1, 0.15) is 0 Å². The summed E-state index contributed by atoms with van der Waals surface area (Å²) >= 11 is 0. The quantitative estimate of drug-likeness (QED) is 0.357. The SMILES string of the molecule is CCC1(C)CCC2(C)CCC3(C)C(=CC(C)C4C5(C)CCCC(C)(C)C5CCC43C)C2C1. The standard InChI is InChI=1S/C32H54/c1-10-28(5)16-17-29(6)18-19-31(8)23(24(29)21-28)20-22(2)26-30(7)14-11-13-27(3,4)25(30)12-15-32(26,31)9/h20,22,24-26H,10-19,21H2,1-9H3. The third-order valence-electron chi connectivity index (χ3n) is 13.8. The van der Waals surface area contributed by atoms with Crippen molar-refractivity contribution >= 4 is 0 Å². The molecule has 0 saturated heterocycles. The number of allylic oxidation sites excluding steroid dienone is 2. The molecule has 182 valence electrons. The highest BCUT2D eigenvalue weighted by Crippen LogP contribution is 2.76. The molecule has 5 aliphatic rings. The Labute approximate surface area is 200 Å². The van der Waals surface area contributed by atoms with E-state index in [9.17, 15) is 0 Å². The first-order valence-corrected chi connectivity index (χ1v) is 14.5. The molecule has 0 N–H and O–H groups in total. The summed E-state index contributed by atoms with van der Waals surface area (Å²) < 4.78 is 0. The van der Waals surface area contributed by atoms with Crippen molar-refractivity contribution in [2.45, 2.75) is 133 Å². The van der Waals surface area contributed by atoms with Crippen LogP contribution >= 0.6 is 0 Å². The second-order valence-electron chi connectivity index (χ2n) is 15.7. The Bertz CT molecular complexity index is 803. The molecule has 5 aliphatic carbocycles. The average molecular weight is 439 g/mol. The van der Waals surface area contributed by atoms with Gasteiger partial charge in [-0.15, -0.1) is 0 Å². The highest BCUT2D eigenvalue weighted by Gasteiger charge is 2.68. The molecule has 0 nitrogen and oxygen atoms in total. The van der Waals surface area contributed by atoms with Crippen molar-refractivity contribution in [1.82, 2.24) is 0 Å². The number of rotatable bonds is 1. The van der Waals surface area contributed by atoms with Crippen molar-refractivity contribution in [2.75, 3.05) is 0 Å². The minimum atomic E-state index is 0.413. The summed E-state index contributed by atoms with van der Waals surface area (Å²) in [5, 5.41) is 0. The topological polar surface area (TPSA) is 0 Å². The van der Waals surface area contributed by atoms with E-state index in [4.69, 9.17) is 0 Å². The highest BCUT2D eigenvalue weighted by atomic mass is 14.7. The minimum Gasteiger partial charge on any atom is -0.0813 e. The van der Waals surface area contributed by atoms with Crippen molar-refractivity contribution in [3.63, 3.8) is 0 Å². The van der Waals surface area contributed by atoms with Crippen molar-refractivity contribution < 1.29 is 0 Å². The van der Waals surface area contributed by atoms with Crippen LogP contribution in [0.2, 0.25) is 0 Å². The maximum Gasteiger partial charge on any atom is -0.00563 e. The zero-order chi connectivity index (χ0) is 23.4. The summed E-state index contributed by atoms with van der Waals surface area (Å²) in [5.74, 6) is 3.33. The maximum atomic E-state index is 2.91. The first-order chi connectivity index (χ1) is 14.7. The lowest BCUT2D eigenvalue weighted by molar-refractivity contribution is -0.193. The zero-order valence-corrected chi connectivity index (χ0v) is 23.2. The van der Waals surface area contributed by atoms with Crippen molar-refractivity contribution in [3.05, 3.63) is 11.6 Å². The van der Waals surface area contributed by atoms with Gasteiger partial charge in [-0.05, 0) is 114 Å². The lowest BCUT2D eigenvalue weighted by Crippen LogP contribution is -2.64. The summed E-state index contributed by atoms with van der Waals surface area (Å²) in [4.78, 5) is 0. The van der Waals surface area contributed by atoms with Gasteiger partial charge < -0.3 is 0 Å². The van der Waals surface area contributed by atoms with Gasteiger partial charge >= 0.3 is 0 Å². The molecule has 0 radical (unpaired) electrons. The number of fused-ring (bicyclic) bond motifs is 7. The van der Waals surface area contributed by atoms with E-state index >= 15 is 0 Å². The van der Waals surface area contributed by atoms with Crippen LogP contribution in [0.1, 0.15) is 133 Å². The largest absolute Gasteiger partial charge is 0.0813 e. The summed E-state index contributed by atoms with van der Waals surface area (Å²) in [7, 11) is 0. The first kappa shape index (κ1) is 23.5. The van der Waals surface area contributed by atoms with Crippen LogP contribution in [-0.2, 0) is 0 Å². The van der Waals surface area contributed by atoms with Gasteiger partial charge in [-0.3, -0.25) is 0 Å². The third kappa shape index (κ3) is 2.86. The van der Waals surface area contributed by atoms with E-state index in [1.807, 2.05) is 5.57 Å². The molecule has 0 heterocycles. The van der Waals surface area contributed by atoms with Crippen molar-refractivity contribution in [1.29, 1.82) is 0 Å². The lowest BCUT2D eigenvalue weighted by atomic mass is 9.32. The Hall–Kier alpha value is -0.260. The molecule has 4 fully saturated rings. The third-order valence-corrected chi connectivity index (χ3v) is 13.8. The molecule has 0 aromatic heterocycles. The van der Waals surface area contributed by atoms with E-state index in [-0.39, 0.29) is 0 Å². The van der Waals surface area contributed by atoms with Crippen LogP contribution in [-0.4, -0.2) is 0 Å². The maximum absolute atomic E-state index is 2.91. The summed E-state index contributed by atoms with van der Waals surface area (Å²) in [6.45, 7) is 23.9. The summed E-state index contributed by atoms with van der Waals surface area (Å²) in [5.41, 5.74) is 4.97. The number of hydrogen-bond acceptors (Lipinski definition) is 0. The molecule has 5 rings (SSSR count). The Morgan fingerprint density at radius 1 is 0.844 bits per heavy atom. The molecule has 0 spiro atoms. The Morgan fingerprint density at radius 2 is 1.53 bits per heavy atom. The normalized spacial score (nSPS) is 56.8. The van der Waals surface area contributed by atoms with E-state index in [1.54, 1.807) is 0 Å². The highest BCUT2D eigenvalue weighted by molar-refractivity contribution is 5.34. The van der Waals surface area contributed by atoms with Crippen molar-refractivity contribution in [3.8, 4) is 0 Å². The Morgan fingerprint density at radius 3 is 2.22 bits per heavy atom. The van der Waals surface area contributed by atoms with E-state index in [0.29, 0.717) is 32.5 Å². The van der Waals surface area contributed by atoms with E-state index in [2.05, 4.69) is 68.4 Å². The molecule has 0 aromatic carbocycles. The monoisotopic (exact) mass is 438 g/mol. The van der Waals surface area contributed by atoms with Crippen molar-refractivity contribution in [2.24, 2.45) is 56.2 Å². The fourth-order valence-electron chi connectivity index (χ4n) is 11.5. The van der Waals surface area contributed by atoms with Crippen LogP contribution in [0, 0.1) is 56.2 Å². The van der Waals surface area contributed by atoms with Gasteiger partial charge in [0.2, 0.25) is 0 Å². The first-order valence-electron chi connectivity index (χ1n) is 14.5. The summed E-state index contributed by atoms with van der Waals surface area (Å²) in [6.07, 6.45) is 18.8. The Kier molecular flexibility index (Phi) is 5.07. The molecule has 0 aliphatic heterocycles. The molecule has 0 aromatic rings. The van der Waals surface area contributed by atoms with Gasteiger partial charge in [-0.25, -0.2) is 0 Å². The van der Waals surface area contributed by atoms with E-state index in [0.717, 1.165) is 23.7 Å². The zero-order valence-electron chi connectivity index (χ0n) is 23.2. The van der Waals surface area contributed by atoms with Crippen LogP contribution < -0.4 is 0 Å². The molecular formula is C32H54. The second-order valence-corrected chi connectivity index (χ2v) is 15.7. The fraction of sp³-hybridized carbons (Fsp3) is 0.938. The van der Waals surface area contributed by atoms with Crippen LogP contribution in [0.5, 0.6) is 0 Å². The summed E-state index contributed by atoms with van der Waals surface area (Å²) in [6, 6.07) is 0. The molecule has 9 atom stereocenters. The van der Waals surface area contributed by atoms with Gasteiger partial charge in [0, 0.05) is 0 Å². The predicted octanol–water partition coefficient (Wildman–Crippen LogP) is 9.83. The lowest BCUT2D eigenvalue weighted by Gasteiger charge is -2.72. The smallest absolute Gasteiger partial charge is 0.00563 e. The molecule has 4 saturated carbocycles. The molecule has 9 unspecified atom stereocenters. The van der Waals surface area contributed by atoms with Crippen LogP contribution in [0.15, 0.2) is 11.6 Å². The van der Waals surface area contributed by atoms with Crippen LogP contribution in [0.4, 0.5) is 0 Å². The Balaban J connectivity index is 1.61. The fourth-order valence-corrected chi connectivity index (χ4v) is 11.5. The second kappa shape index (κ2) is 6.91. The van der Waals surface area contributed by atoms with Gasteiger partial charge in [-0.2, -0.15) is 0 Å². The molecular weight excluding hydrogens is 384 g/mol. The van der Waals surface area contributed by atoms with Crippen LogP contribution in [0.25, 0.3) is 0 Å². The minimum absolute atomic E-state index is 0.413. The molecule has 0 amide bonds. The van der Waals surface area contributed by atoms with Gasteiger partial charge in [0.05, 0.1) is 0 Å². The van der Waals surface area contributed by atoms with Gasteiger partial charge in [0.15, 0.2) is 0 Å². The van der Waals surface area contributed by atoms with Gasteiger partial charge in [-0.1, -0.05) is 86.8 Å². The predicted molar refractivity (Wildman–Crippen MR) is 138 cm³/mol. The average Bonchev–Trinajstić information content (AvgIpc) is 2.70. The van der Waals surface area contributed by atoms with Gasteiger partial charge in [0.25, 0.3) is 0 Å². The van der Waals surface area contributed by atoms with E-state index < -0.39 is 0 Å². The molecule has 0 heteroatoms.